The number of nitrogens with zero attached hydrogens (tertiary/aromatic N) is 9. The van der Waals surface area contributed by atoms with Crippen LogP contribution < -0.4 is 5.73 Å². The van der Waals surface area contributed by atoms with Crippen molar-refractivity contribution in [2.45, 2.75) is 50.6 Å². The molecule has 0 spiro atoms. The van der Waals surface area contributed by atoms with E-state index in [9.17, 15) is 9.59 Å². The molecule has 2 bridgehead atoms. The van der Waals surface area contributed by atoms with Crippen molar-refractivity contribution in [1.82, 2.24) is 49.4 Å². The quantitative estimate of drug-likeness (QED) is 0.329. The number of nitrogens with one attached hydrogen (secondary N) is 1. The number of H-pyrrole nitrogens is 1. The third-order valence-electron chi connectivity index (χ3n) is 7.81. The monoisotopic (exact) mass is 523 g/mol. The van der Waals surface area contributed by atoms with E-state index in [4.69, 9.17) is 10.7 Å². The lowest BCUT2D eigenvalue weighted by atomic mass is 9.85. The number of rotatable bonds is 5. The first-order valence-electron chi connectivity index (χ1n) is 12.8. The molecule has 2 saturated heterocycles. The molecule has 13 nitrogen and oxygen atoms in total. The van der Waals surface area contributed by atoms with Crippen molar-refractivity contribution >= 4 is 23.2 Å². The molecule has 3 N–H and O–H groups in total. The lowest BCUT2D eigenvalue weighted by molar-refractivity contribution is 0.0556. The molecule has 196 valence electrons. The summed E-state index contributed by atoms with van der Waals surface area (Å²) < 4.78 is 3.21. The number of fused-ring (bicyclic) bond motifs is 3. The molecule has 1 amide bonds. The van der Waals surface area contributed by atoms with Crippen molar-refractivity contribution in [3.8, 4) is 16.9 Å². The molecular weight excluding hydrogens is 498 g/mol. The lowest BCUT2D eigenvalue weighted by Gasteiger charge is -2.38. The van der Waals surface area contributed by atoms with Crippen molar-refractivity contribution in [2.24, 2.45) is 0 Å². The average molecular weight is 524 g/mol. The number of aromatic amines is 1. The molecule has 7 heterocycles. The van der Waals surface area contributed by atoms with Crippen LogP contribution in [0.25, 0.3) is 22.6 Å². The van der Waals surface area contributed by atoms with Gasteiger partial charge in [-0.05, 0) is 44.7 Å². The van der Waals surface area contributed by atoms with Crippen molar-refractivity contribution in [1.29, 1.82) is 0 Å². The van der Waals surface area contributed by atoms with E-state index in [2.05, 4.69) is 30.4 Å². The Bertz CT molecular complexity index is 1690. The maximum atomic E-state index is 13.1. The van der Waals surface area contributed by atoms with E-state index in [-0.39, 0.29) is 41.3 Å². The van der Waals surface area contributed by atoms with Crippen LogP contribution >= 0.6 is 0 Å². The fourth-order valence-electron chi connectivity index (χ4n) is 6.13. The zero-order valence-electron chi connectivity index (χ0n) is 21.1. The number of pyridine rings is 1. The summed E-state index contributed by atoms with van der Waals surface area (Å²) >= 11 is 0. The van der Waals surface area contributed by atoms with Gasteiger partial charge in [-0.1, -0.05) is 6.07 Å². The maximum absolute atomic E-state index is 13.1. The van der Waals surface area contributed by atoms with Crippen LogP contribution in [0.1, 0.15) is 65.2 Å². The SMILES string of the molecule is CC(=O)c1c([C@H]2C[C@H]3CC[C@@H](C2)N3C(=O)c2nnc[nH]2)nc2c(-c3cnn(-c4ccccn4)c3)cnn2c1N. The Morgan fingerprint density at radius 1 is 1.10 bits per heavy atom. The van der Waals surface area contributed by atoms with Crippen LogP contribution in [0.4, 0.5) is 5.82 Å². The molecule has 0 radical (unpaired) electrons. The molecule has 0 unspecified atom stereocenters. The summed E-state index contributed by atoms with van der Waals surface area (Å²) in [6.45, 7) is 1.50. The van der Waals surface area contributed by atoms with Gasteiger partial charge in [0.2, 0.25) is 5.82 Å². The highest BCUT2D eigenvalue weighted by atomic mass is 16.2. The van der Waals surface area contributed by atoms with Crippen LogP contribution in [0, 0.1) is 0 Å². The molecule has 5 aromatic rings. The topological polar surface area (TPSA) is 166 Å². The number of piperidine rings is 1. The highest BCUT2D eigenvalue weighted by Crippen LogP contribution is 2.45. The molecule has 39 heavy (non-hydrogen) atoms. The molecule has 2 aliphatic heterocycles. The lowest BCUT2D eigenvalue weighted by Crippen LogP contribution is -2.46. The minimum atomic E-state index is -0.163. The standard InChI is InChI=1S/C26H25N11O2/c1-14(38)21-22(15-8-17-5-6-18(9-15)36(17)26(39)24-29-13-30-34-24)33-25-19(11-32-37(25)23(21)27)16-10-31-35(12-16)20-4-2-3-7-28-20/h2-4,7,10-13,15,17-18H,5-6,8-9,27H2,1H3,(H,29,30,34)/t15-,17+,18-. The maximum Gasteiger partial charge on any atom is 0.292 e. The van der Waals surface area contributed by atoms with Crippen molar-refractivity contribution < 1.29 is 9.59 Å². The number of hydrogen-bond acceptors (Lipinski definition) is 9. The summed E-state index contributed by atoms with van der Waals surface area (Å²) in [5.41, 5.74) is 9.73. The number of amides is 1. The molecule has 0 saturated carbocycles. The van der Waals surface area contributed by atoms with Crippen LogP contribution in [-0.2, 0) is 0 Å². The van der Waals surface area contributed by atoms with E-state index in [1.54, 1.807) is 23.3 Å². The molecule has 2 aliphatic rings. The first-order valence-corrected chi connectivity index (χ1v) is 12.8. The van der Waals surface area contributed by atoms with Crippen LogP contribution in [0.5, 0.6) is 0 Å². The number of ketones is 1. The average Bonchev–Trinajstić information content (AvgIpc) is 3.74. The number of nitrogen functional groups attached to an aromatic ring is 1. The molecule has 3 atom stereocenters. The number of anilines is 1. The molecule has 5 aromatic heterocycles. The van der Waals surface area contributed by atoms with Crippen LogP contribution in [0.2, 0.25) is 0 Å². The minimum absolute atomic E-state index is 0.0198. The molecule has 7 rings (SSSR count). The fraction of sp³-hybridized carbons (Fsp3) is 0.308. The highest BCUT2D eigenvalue weighted by Gasteiger charge is 2.45. The van der Waals surface area contributed by atoms with E-state index < -0.39 is 0 Å². The van der Waals surface area contributed by atoms with Crippen LogP contribution in [0.3, 0.4) is 0 Å². The smallest absolute Gasteiger partial charge is 0.292 e. The van der Waals surface area contributed by atoms with Gasteiger partial charge in [0.15, 0.2) is 17.2 Å². The van der Waals surface area contributed by atoms with E-state index in [1.165, 1.54) is 17.8 Å². The minimum Gasteiger partial charge on any atom is -0.383 e. The van der Waals surface area contributed by atoms with Gasteiger partial charge in [0.1, 0.15) is 12.1 Å². The Labute approximate surface area is 222 Å². The van der Waals surface area contributed by atoms with E-state index in [0.717, 1.165) is 24.0 Å². The van der Waals surface area contributed by atoms with Gasteiger partial charge < -0.3 is 15.6 Å². The highest BCUT2D eigenvalue weighted by molar-refractivity contribution is 6.00. The summed E-state index contributed by atoms with van der Waals surface area (Å²) in [6.07, 6.45) is 11.5. The molecule has 2 fully saturated rings. The Morgan fingerprint density at radius 2 is 1.92 bits per heavy atom. The van der Waals surface area contributed by atoms with E-state index in [1.807, 2.05) is 29.3 Å². The van der Waals surface area contributed by atoms with Crippen LogP contribution in [0.15, 0.2) is 49.3 Å². The second-order valence-electron chi connectivity index (χ2n) is 10.1. The molecule has 0 aliphatic carbocycles. The number of hydrogen-bond donors (Lipinski definition) is 2. The predicted molar refractivity (Wildman–Crippen MR) is 139 cm³/mol. The number of aromatic nitrogens is 9. The van der Waals surface area contributed by atoms with Crippen molar-refractivity contribution in [3.05, 3.63) is 66.4 Å². The largest absolute Gasteiger partial charge is 0.383 e. The van der Waals surface area contributed by atoms with Crippen molar-refractivity contribution in [2.75, 3.05) is 5.73 Å². The first kappa shape index (κ1) is 23.2. The number of carbonyl (C=O) groups is 2. The third-order valence-corrected chi connectivity index (χ3v) is 7.81. The Kier molecular flexibility index (Phi) is 5.25. The third kappa shape index (κ3) is 3.68. The van der Waals surface area contributed by atoms with Gasteiger partial charge in [0.05, 0.1) is 23.7 Å². The number of Topliss-reactive ketones (excluding diaryl/α,β-unsaturated/α-hetero) is 1. The van der Waals surface area contributed by atoms with Crippen molar-refractivity contribution in [3.63, 3.8) is 0 Å². The van der Waals surface area contributed by atoms with Gasteiger partial charge in [-0.3, -0.25) is 9.59 Å². The zero-order valence-corrected chi connectivity index (χ0v) is 21.1. The summed E-state index contributed by atoms with van der Waals surface area (Å²) in [5, 5.41) is 16.6. The summed E-state index contributed by atoms with van der Waals surface area (Å²) in [5.74, 6) is 0.855. The number of nitrogens with two attached hydrogens (primary N) is 1. The zero-order chi connectivity index (χ0) is 26.7. The van der Waals surface area contributed by atoms with Gasteiger partial charge in [-0.15, -0.1) is 10.2 Å². The van der Waals surface area contributed by atoms with Gasteiger partial charge >= 0.3 is 0 Å². The fourth-order valence-corrected chi connectivity index (χ4v) is 6.13. The molecular formula is C26H25N11O2. The van der Waals surface area contributed by atoms with Gasteiger partial charge in [-0.25, -0.2) is 14.6 Å². The van der Waals surface area contributed by atoms with E-state index in [0.29, 0.717) is 35.6 Å². The molecule has 13 heteroatoms. The number of carbonyl (C=O) groups excluding carboxylic acids is 2. The van der Waals surface area contributed by atoms with Gasteiger partial charge in [0, 0.05) is 41.5 Å². The summed E-state index contributed by atoms with van der Waals surface area (Å²) in [7, 11) is 0. The van der Waals surface area contributed by atoms with Crippen LogP contribution in [-0.4, -0.2) is 73.2 Å². The predicted octanol–water partition coefficient (Wildman–Crippen LogP) is 2.43. The summed E-state index contributed by atoms with van der Waals surface area (Å²) in [6, 6.07) is 5.65. The Morgan fingerprint density at radius 3 is 2.62 bits per heavy atom. The molecule has 0 aromatic carbocycles. The Balaban J connectivity index is 1.27. The normalized spacial score (nSPS) is 20.5. The second kappa shape index (κ2) is 8.82. The Hall–Kier alpha value is -4.94. The van der Waals surface area contributed by atoms with Gasteiger partial charge in [-0.2, -0.15) is 14.7 Å². The van der Waals surface area contributed by atoms with Gasteiger partial charge in [0.25, 0.3) is 5.91 Å². The van der Waals surface area contributed by atoms with E-state index >= 15 is 0 Å². The second-order valence-corrected chi connectivity index (χ2v) is 10.1. The first-order chi connectivity index (χ1) is 19.0. The summed E-state index contributed by atoms with van der Waals surface area (Å²) in [4.78, 5) is 40.1.